The van der Waals surface area contributed by atoms with E-state index in [0.717, 1.165) is 4.88 Å². The Morgan fingerprint density at radius 3 is 2.89 bits per heavy atom. The van der Waals surface area contributed by atoms with Gasteiger partial charge in [-0.15, -0.1) is 11.3 Å². The Morgan fingerprint density at radius 1 is 1.39 bits per heavy atom. The zero-order chi connectivity index (χ0) is 13.0. The Hall–Kier alpha value is -2.01. The number of carbonyl (C=O) groups is 1. The van der Waals surface area contributed by atoms with Crippen LogP contribution in [-0.4, -0.2) is 13.0 Å². The van der Waals surface area contributed by atoms with Gasteiger partial charge < -0.3 is 15.8 Å². The van der Waals surface area contributed by atoms with E-state index in [1.54, 1.807) is 29.5 Å². The number of hydrogen-bond acceptors (Lipinski definition) is 4. The lowest BCUT2D eigenvalue weighted by molar-refractivity contribution is 0.0952. The molecule has 2 rings (SSSR count). The van der Waals surface area contributed by atoms with Crippen molar-refractivity contribution in [2.45, 2.75) is 6.54 Å². The van der Waals surface area contributed by atoms with Crippen molar-refractivity contribution < 1.29 is 9.53 Å². The van der Waals surface area contributed by atoms with Crippen LogP contribution in [-0.2, 0) is 6.54 Å². The Kier molecular flexibility index (Phi) is 3.84. The monoisotopic (exact) mass is 262 g/mol. The van der Waals surface area contributed by atoms with Gasteiger partial charge in [-0.1, -0.05) is 12.1 Å². The average Bonchev–Trinajstić information content (AvgIpc) is 2.89. The molecule has 0 aliphatic heterocycles. The first-order chi connectivity index (χ1) is 8.72. The Morgan fingerprint density at radius 2 is 2.22 bits per heavy atom. The summed E-state index contributed by atoms with van der Waals surface area (Å²) in [7, 11) is 1.53. The molecule has 0 radical (unpaired) electrons. The largest absolute Gasteiger partial charge is 0.495 e. The Labute approximate surface area is 109 Å². The van der Waals surface area contributed by atoms with E-state index in [-0.39, 0.29) is 5.91 Å². The van der Waals surface area contributed by atoms with Gasteiger partial charge in [0, 0.05) is 4.88 Å². The second-order valence-electron chi connectivity index (χ2n) is 3.68. The molecule has 1 amide bonds. The molecule has 0 saturated carbocycles. The summed E-state index contributed by atoms with van der Waals surface area (Å²) in [6.45, 7) is 0.507. The van der Waals surface area contributed by atoms with Gasteiger partial charge in [-0.05, 0) is 23.6 Å². The van der Waals surface area contributed by atoms with Crippen molar-refractivity contribution in [1.82, 2.24) is 5.32 Å². The summed E-state index contributed by atoms with van der Waals surface area (Å²) in [6, 6.07) is 9.08. The summed E-state index contributed by atoms with van der Waals surface area (Å²) in [6.07, 6.45) is 0. The van der Waals surface area contributed by atoms with E-state index in [4.69, 9.17) is 10.5 Å². The van der Waals surface area contributed by atoms with E-state index in [1.165, 1.54) is 7.11 Å². The average molecular weight is 262 g/mol. The molecule has 1 aromatic carbocycles. The van der Waals surface area contributed by atoms with Crippen LogP contribution in [0.1, 0.15) is 15.2 Å². The van der Waals surface area contributed by atoms with Crippen molar-refractivity contribution in [2.24, 2.45) is 0 Å². The fraction of sp³-hybridized carbons (Fsp3) is 0.154. The minimum atomic E-state index is -0.195. The van der Waals surface area contributed by atoms with E-state index < -0.39 is 0 Å². The second kappa shape index (κ2) is 5.55. The summed E-state index contributed by atoms with van der Waals surface area (Å²) in [5, 5.41) is 4.80. The third-order valence-corrected chi connectivity index (χ3v) is 3.41. The third-order valence-electron chi connectivity index (χ3n) is 2.53. The molecule has 0 unspecified atom stereocenters. The maximum atomic E-state index is 12.0. The number of ether oxygens (including phenoxy) is 1. The second-order valence-corrected chi connectivity index (χ2v) is 4.72. The number of para-hydroxylation sites is 1. The summed E-state index contributed by atoms with van der Waals surface area (Å²) >= 11 is 1.60. The van der Waals surface area contributed by atoms with Crippen LogP contribution in [0.15, 0.2) is 35.7 Å². The molecule has 0 spiro atoms. The van der Waals surface area contributed by atoms with Crippen LogP contribution < -0.4 is 15.8 Å². The predicted octanol–water partition coefficient (Wildman–Crippen LogP) is 2.27. The molecule has 0 atom stereocenters. The van der Waals surface area contributed by atoms with Crippen molar-refractivity contribution in [1.29, 1.82) is 0 Å². The first-order valence-electron chi connectivity index (χ1n) is 5.45. The molecule has 0 saturated heterocycles. The summed E-state index contributed by atoms with van der Waals surface area (Å²) in [5.41, 5.74) is 6.66. The number of methoxy groups -OCH3 is 1. The van der Waals surface area contributed by atoms with Crippen LogP contribution >= 0.6 is 11.3 Å². The van der Waals surface area contributed by atoms with Gasteiger partial charge in [-0.25, -0.2) is 0 Å². The van der Waals surface area contributed by atoms with Gasteiger partial charge in [0.05, 0.1) is 24.9 Å². The normalized spacial score (nSPS) is 10.1. The summed E-state index contributed by atoms with van der Waals surface area (Å²) < 4.78 is 5.08. The smallest absolute Gasteiger partial charge is 0.253 e. The summed E-state index contributed by atoms with van der Waals surface area (Å²) in [4.78, 5) is 13.1. The Balaban J connectivity index is 2.09. The van der Waals surface area contributed by atoms with Crippen LogP contribution in [0, 0.1) is 0 Å². The fourth-order valence-electron chi connectivity index (χ4n) is 1.60. The minimum absolute atomic E-state index is 0.195. The van der Waals surface area contributed by atoms with Gasteiger partial charge in [0.1, 0.15) is 5.75 Å². The molecule has 5 heteroatoms. The van der Waals surface area contributed by atoms with Crippen molar-refractivity contribution in [3.63, 3.8) is 0 Å². The molecule has 2 aromatic rings. The number of benzene rings is 1. The molecule has 4 nitrogen and oxygen atoms in total. The molecule has 0 bridgehead atoms. The predicted molar refractivity (Wildman–Crippen MR) is 72.9 cm³/mol. The molecular formula is C13H14N2O2S. The SMILES string of the molecule is COc1cccc(C(=O)NCc2cccs2)c1N. The van der Waals surface area contributed by atoms with Crippen molar-refractivity contribution >= 4 is 22.9 Å². The molecule has 1 aromatic heterocycles. The van der Waals surface area contributed by atoms with Crippen molar-refractivity contribution in [3.05, 3.63) is 46.2 Å². The molecule has 0 aliphatic carbocycles. The lowest BCUT2D eigenvalue weighted by atomic mass is 10.1. The maximum absolute atomic E-state index is 12.0. The number of amides is 1. The zero-order valence-corrected chi connectivity index (χ0v) is 10.8. The highest BCUT2D eigenvalue weighted by molar-refractivity contribution is 7.09. The van der Waals surface area contributed by atoms with E-state index in [2.05, 4.69) is 5.32 Å². The lowest BCUT2D eigenvalue weighted by Crippen LogP contribution is -2.23. The first kappa shape index (κ1) is 12.4. The lowest BCUT2D eigenvalue weighted by Gasteiger charge is -2.09. The first-order valence-corrected chi connectivity index (χ1v) is 6.33. The van der Waals surface area contributed by atoms with Crippen LogP contribution in [0.4, 0.5) is 5.69 Å². The number of rotatable bonds is 4. The number of carbonyl (C=O) groups excluding carboxylic acids is 1. The molecular weight excluding hydrogens is 248 g/mol. The minimum Gasteiger partial charge on any atom is -0.495 e. The van der Waals surface area contributed by atoms with Crippen LogP contribution in [0.5, 0.6) is 5.75 Å². The highest BCUT2D eigenvalue weighted by Gasteiger charge is 2.12. The van der Waals surface area contributed by atoms with Crippen LogP contribution in [0.25, 0.3) is 0 Å². The molecule has 3 N–H and O–H groups in total. The number of anilines is 1. The van der Waals surface area contributed by atoms with Gasteiger partial charge in [0.25, 0.3) is 5.91 Å². The highest BCUT2D eigenvalue weighted by Crippen LogP contribution is 2.24. The van der Waals surface area contributed by atoms with Crippen LogP contribution in [0.3, 0.4) is 0 Å². The third kappa shape index (κ3) is 2.62. The van der Waals surface area contributed by atoms with E-state index in [9.17, 15) is 4.79 Å². The molecule has 1 heterocycles. The Bertz CT molecular complexity index is 538. The van der Waals surface area contributed by atoms with E-state index >= 15 is 0 Å². The highest BCUT2D eigenvalue weighted by atomic mass is 32.1. The number of thiophene rings is 1. The van der Waals surface area contributed by atoms with Gasteiger partial charge in [-0.2, -0.15) is 0 Å². The molecule has 0 fully saturated rings. The van der Waals surface area contributed by atoms with Crippen LogP contribution in [0.2, 0.25) is 0 Å². The number of nitrogens with one attached hydrogen (secondary N) is 1. The number of nitrogens with two attached hydrogens (primary N) is 1. The standard InChI is InChI=1S/C13H14N2O2S/c1-17-11-6-2-5-10(12(11)14)13(16)15-8-9-4-3-7-18-9/h2-7H,8,14H2,1H3,(H,15,16). The quantitative estimate of drug-likeness (QED) is 0.831. The molecule has 0 aliphatic rings. The fourth-order valence-corrected chi connectivity index (χ4v) is 2.24. The van der Waals surface area contributed by atoms with E-state index in [1.807, 2.05) is 17.5 Å². The number of hydrogen-bond donors (Lipinski definition) is 2. The zero-order valence-electron chi connectivity index (χ0n) is 9.97. The van der Waals surface area contributed by atoms with E-state index in [0.29, 0.717) is 23.5 Å². The van der Waals surface area contributed by atoms with Gasteiger partial charge in [0.15, 0.2) is 0 Å². The summed E-state index contributed by atoms with van der Waals surface area (Å²) in [5.74, 6) is 0.318. The van der Waals surface area contributed by atoms with Gasteiger partial charge in [0.2, 0.25) is 0 Å². The van der Waals surface area contributed by atoms with Crippen molar-refractivity contribution in [3.8, 4) is 5.75 Å². The van der Waals surface area contributed by atoms with Crippen molar-refractivity contribution in [2.75, 3.05) is 12.8 Å². The topological polar surface area (TPSA) is 64.3 Å². The van der Waals surface area contributed by atoms with Gasteiger partial charge in [-0.3, -0.25) is 4.79 Å². The molecule has 94 valence electrons. The van der Waals surface area contributed by atoms with Gasteiger partial charge >= 0.3 is 0 Å². The molecule has 18 heavy (non-hydrogen) atoms. The maximum Gasteiger partial charge on any atom is 0.253 e. The number of nitrogen functional groups attached to an aromatic ring is 1.